The number of benzene rings is 1. The van der Waals surface area contributed by atoms with E-state index in [4.69, 9.17) is 5.84 Å². The maximum absolute atomic E-state index is 5.67. The lowest BCUT2D eigenvalue weighted by molar-refractivity contribution is 0.548. The molecule has 0 aliphatic heterocycles. The topological polar surface area (TPSA) is 50.9 Å². The van der Waals surface area contributed by atoms with E-state index in [1.165, 1.54) is 11.1 Å². The summed E-state index contributed by atoms with van der Waals surface area (Å²) < 4.78 is 0. The molecule has 0 aliphatic carbocycles. The Labute approximate surface area is 118 Å². The predicted molar refractivity (Wildman–Crippen MR) is 81.0 cm³/mol. The number of aromatic nitrogens is 1. The standard InChI is InChI=1S/C15H21N3S/c1-15(2,3)12-6-4-11(5-7-12)13(18-16)10-14-17-8-9-19-14/h4-9,13,18H,10,16H2,1-3H3. The number of hydrogen-bond donors (Lipinski definition) is 2. The number of nitrogens with zero attached hydrogens (tertiary/aromatic N) is 1. The third-order valence-electron chi connectivity index (χ3n) is 3.24. The zero-order valence-corrected chi connectivity index (χ0v) is 12.5. The lowest BCUT2D eigenvalue weighted by atomic mass is 9.86. The van der Waals surface area contributed by atoms with Gasteiger partial charge in [0.25, 0.3) is 0 Å². The van der Waals surface area contributed by atoms with Crippen LogP contribution in [0.1, 0.15) is 42.9 Å². The summed E-state index contributed by atoms with van der Waals surface area (Å²) in [4.78, 5) is 4.31. The minimum absolute atomic E-state index is 0.111. The molecule has 1 atom stereocenters. The van der Waals surface area contributed by atoms with E-state index in [0.29, 0.717) is 0 Å². The second-order valence-electron chi connectivity index (χ2n) is 5.72. The van der Waals surface area contributed by atoms with Crippen molar-refractivity contribution < 1.29 is 0 Å². The quantitative estimate of drug-likeness (QED) is 0.665. The van der Waals surface area contributed by atoms with Gasteiger partial charge in [0.05, 0.1) is 11.0 Å². The summed E-state index contributed by atoms with van der Waals surface area (Å²) in [5, 5.41) is 3.09. The average molecular weight is 275 g/mol. The molecule has 4 heteroatoms. The molecule has 1 heterocycles. The molecule has 2 aromatic rings. The van der Waals surface area contributed by atoms with Gasteiger partial charge in [-0.1, -0.05) is 45.0 Å². The molecule has 0 aliphatic rings. The van der Waals surface area contributed by atoms with Crippen LogP contribution < -0.4 is 11.3 Å². The van der Waals surface area contributed by atoms with E-state index in [0.717, 1.165) is 11.4 Å². The fraction of sp³-hybridized carbons (Fsp3) is 0.400. The number of hydrazine groups is 1. The molecule has 1 aromatic heterocycles. The van der Waals surface area contributed by atoms with E-state index in [1.54, 1.807) is 11.3 Å². The monoisotopic (exact) mass is 275 g/mol. The summed E-state index contributed by atoms with van der Waals surface area (Å²) in [6.07, 6.45) is 2.65. The first kappa shape index (κ1) is 14.2. The molecule has 2 rings (SSSR count). The minimum Gasteiger partial charge on any atom is -0.271 e. The van der Waals surface area contributed by atoms with Crippen LogP contribution in [-0.2, 0) is 11.8 Å². The fourth-order valence-electron chi connectivity index (χ4n) is 2.02. The van der Waals surface area contributed by atoms with Gasteiger partial charge in [0, 0.05) is 18.0 Å². The molecule has 3 nitrogen and oxygen atoms in total. The lowest BCUT2D eigenvalue weighted by Crippen LogP contribution is -2.29. The van der Waals surface area contributed by atoms with Gasteiger partial charge in [-0.25, -0.2) is 4.98 Å². The van der Waals surface area contributed by atoms with E-state index in [1.807, 2.05) is 11.6 Å². The highest BCUT2D eigenvalue weighted by Crippen LogP contribution is 2.25. The van der Waals surface area contributed by atoms with Crippen molar-refractivity contribution in [1.82, 2.24) is 10.4 Å². The molecule has 0 radical (unpaired) electrons. The van der Waals surface area contributed by atoms with Crippen LogP contribution in [0.2, 0.25) is 0 Å². The van der Waals surface area contributed by atoms with Crippen molar-refractivity contribution >= 4 is 11.3 Å². The second kappa shape index (κ2) is 5.82. The summed E-state index contributed by atoms with van der Waals surface area (Å²) in [5.74, 6) is 5.67. The Kier molecular flexibility index (Phi) is 4.34. The Hall–Kier alpha value is -1.23. The largest absolute Gasteiger partial charge is 0.271 e. The molecular formula is C15H21N3S. The molecule has 0 fully saturated rings. The first-order valence-corrected chi connectivity index (χ1v) is 7.33. The highest BCUT2D eigenvalue weighted by Gasteiger charge is 2.16. The lowest BCUT2D eigenvalue weighted by Gasteiger charge is -2.21. The van der Waals surface area contributed by atoms with E-state index < -0.39 is 0 Å². The third kappa shape index (κ3) is 3.62. The van der Waals surface area contributed by atoms with Gasteiger partial charge in [-0.2, -0.15) is 0 Å². The highest BCUT2D eigenvalue weighted by molar-refractivity contribution is 7.09. The van der Waals surface area contributed by atoms with Gasteiger partial charge >= 0.3 is 0 Å². The van der Waals surface area contributed by atoms with Crippen molar-refractivity contribution in [2.45, 2.75) is 38.6 Å². The first-order chi connectivity index (χ1) is 9.00. The summed E-state index contributed by atoms with van der Waals surface area (Å²) in [5.41, 5.74) is 5.60. The van der Waals surface area contributed by atoms with Gasteiger partial charge < -0.3 is 0 Å². The number of thiazole rings is 1. The van der Waals surface area contributed by atoms with Crippen LogP contribution in [0.15, 0.2) is 35.8 Å². The van der Waals surface area contributed by atoms with Crippen molar-refractivity contribution in [2.24, 2.45) is 5.84 Å². The normalized spacial score (nSPS) is 13.5. The molecular weight excluding hydrogens is 254 g/mol. The Bertz CT molecular complexity index is 497. The zero-order valence-electron chi connectivity index (χ0n) is 11.7. The molecule has 19 heavy (non-hydrogen) atoms. The maximum Gasteiger partial charge on any atom is 0.0944 e. The van der Waals surface area contributed by atoms with Crippen LogP contribution >= 0.6 is 11.3 Å². The zero-order chi connectivity index (χ0) is 13.9. The molecule has 0 saturated carbocycles. The van der Waals surface area contributed by atoms with Crippen LogP contribution in [0.4, 0.5) is 0 Å². The van der Waals surface area contributed by atoms with Crippen molar-refractivity contribution in [3.05, 3.63) is 52.0 Å². The number of hydrogen-bond acceptors (Lipinski definition) is 4. The van der Waals surface area contributed by atoms with Gasteiger partial charge in [-0.15, -0.1) is 11.3 Å². The van der Waals surface area contributed by atoms with Crippen molar-refractivity contribution in [3.8, 4) is 0 Å². The summed E-state index contributed by atoms with van der Waals surface area (Å²) >= 11 is 1.66. The molecule has 0 spiro atoms. The Morgan fingerprint density at radius 3 is 2.42 bits per heavy atom. The third-order valence-corrected chi connectivity index (χ3v) is 4.04. The maximum atomic E-state index is 5.67. The summed E-state index contributed by atoms with van der Waals surface area (Å²) in [7, 11) is 0. The predicted octanol–water partition coefficient (Wildman–Crippen LogP) is 3.19. The van der Waals surface area contributed by atoms with Gasteiger partial charge in [0.2, 0.25) is 0 Å². The van der Waals surface area contributed by atoms with Crippen LogP contribution in [0.5, 0.6) is 0 Å². The Morgan fingerprint density at radius 1 is 1.26 bits per heavy atom. The van der Waals surface area contributed by atoms with E-state index >= 15 is 0 Å². The Balaban J connectivity index is 2.15. The SMILES string of the molecule is CC(C)(C)c1ccc(C(Cc2nccs2)NN)cc1. The van der Waals surface area contributed by atoms with Gasteiger partial charge in [-0.05, 0) is 16.5 Å². The average Bonchev–Trinajstić information content (AvgIpc) is 2.88. The summed E-state index contributed by atoms with van der Waals surface area (Å²) in [6.45, 7) is 6.66. The molecule has 0 amide bonds. The van der Waals surface area contributed by atoms with Gasteiger partial charge in [-0.3, -0.25) is 11.3 Å². The number of nitrogens with one attached hydrogen (secondary N) is 1. The van der Waals surface area contributed by atoms with Crippen LogP contribution in [0.25, 0.3) is 0 Å². The Morgan fingerprint density at radius 2 is 1.95 bits per heavy atom. The molecule has 0 saturated heterocycles. The van der Waals surface area contributed by atoms with Crippen molar-refractivity contribution in [2.75, 3.05) is 0 Å². The number of nitrogens with two attached hydrogens (primary N) is 1. The molecule has 1 unspecified atom stereocenters. The molecule has 0 bridgehead atoms. The van der Waals surface area contributed by atoms with Crippen LogP contribution in [-0.4, -0.2) is 4.98 Å². The van der Waals surface area contributed by atoms with Gasteiger partial charge in [0.15, 0.2) is 0 Å². The van der Waals surface area contributed by atoms with Crippen molar-refractivity contribution in [1.29, 1.82) is 0 Å². The second-order valence-corrected chi connectivity index (χ2v) is 6.70. The van der Waals surface area contributed by atoms with Crippen LogP contribution in [0.3, 0.4) is 0 Å². The highest BCUT2D eigenvalue weighted by atomic mass is 32.1. The van der Waals surface area contributed by atoms with E-state index in [-0.39, 0.29) is 11.5 Å². The van der Waals surface area contributed by atoms with E-state index in [9.17, 15) is 0 Å². The summed E-state index contributed by atoms with van der Waals surface area (Å²) in [6, 6.07) is 8.78. The van der Waals surface area contributed by atoms with E-state index in [2.05, 4.69) is 55.4 Å². The number of rotatable bonds is 4. The van der Waals surface area contributed by atoms with Crippen molar-refractivity contribution in [3.63, 3.8) is 0 Å². The molecule has 102 valence electrons. The molecule has 1 aromatic carbocycles. The minimum atomic E-state index is 0.111. The first-order valence-electron chi connectivity index (χ1n) is 6.45. The fourth-order valence-corrected chi connectivity index (χ4v) is 2.68. The van der Waals surface area contributed by atoms with Crippen LogP contribution in [0, 0.1) is 0 Å². The smallest absolute Gasteiger partial charge is 0.0944 e. The molecule has 3 N–H and O–H groups in total. The van der Waals surface area contributed by atoms with Gasteiger partial charge in [0.1, 0.15) is 0 Å².